The third kappa shape index (κ3) is 4.93. The Morgan fingerprint density at radius 1 is 0.580 bits per heavy atom. The lowest BCUT2D eigenvalue weighted by Gasteiger charge is -2.34. The molecule has 8 rings (SSSR count). The lowest BCUT2D eigenvalue weighted by molar-refractivity contribution is 0.0607. The highest BCUT2D eigenvalue weighted by Crippen LogP contribution is 2.48. The minimum atomic E-state index is -1.22. The SMILES string of the molecule is CCCCCCCCCCCCN1C(=O)c2ccc3c4ccc5c6c(ccc(c7ccc(c2c37)C1=O)c64)C(O)N(c1ccc(C#N)cc1)C5=O. The number of hydrogen-bond donors (Lipinski definition) is 1. The maximum atomic E-state index is 14.0. The molecule has 6 aromatic carbocycles. The van der Waals surface area contributed by atoms with E-state index in [-0.39, 0.29) is 17.7 Å². The first kappa shape index (κ1) is 31.9. The standard InChI is InChI=1S/C43H39N3O4/c1-2-3-4-5-6-7-8-9-10-11-24-45-40(47)32-20-16-28-30-18-22-34-39-35(43(50)46(42(34)49)27-14-12-26(25-44)13-15-27)23-19-31(37(30)39)29-17-21-33(41(45)48)38(32)36(28)29/h12-23,42,49H,2-11,24H2,1H3. The van der Waals surface area contributed by atoms with Gasteiger partial charge in [0.15, 0.2) is 6.23 Å². The van der Waals surface area contributed by atoms with Gasteiger partial charge in [0.05, 0.1) is 11.6 Å². The number of imide groups is 1. The van der Waals surface area contributed by atoms with E-state index in [1.54, 1.807) is 30.3 Å². The molecule has 2 aliphatic heterocycles. The Morgan fingerprint density at radius 2 is 1.06 bits per heavy atom. The number of benzene rings is 6. The molecule has 1 unspecified atom stereocenters. The van der Waals surface area contributed by atoms with Crippen molar-refractivity contribution >= 4 is 66.5 Å². The van der Waals surface area contributed by atoms with Gasteiger partial charge in [0.2, 0.25) is 0 Å². The fourth-order valence-electron chi connectivity index (χ4n) is 8.34. The number of amides is 3. The van der Waals surface area contributed by atoms with Gasteiger partial charge in [-0.25, -0.2) is 0 Å². The van der Waals surface area contributed by atoms with Crippen molar-refractivity contribution in [1.29, 1.82) is 5.26 Å². The van der Waals surface area contributed by atoms with Gasteiger partial charge in [-0.05, 0) is 81.2 Å². The van der Waals surface area contributed by atoms with Crippen LogP contribution in [0.15, 0.2) is 72.8 Å². The zero-order valence-electron chi connectivity index (χ0n) is 28.3. The van der Waals surface area contributed by atoms with E-state index in [0.717, 1.165) is 51.6 Å². The monoisotopic (exact) mass is 661 g/mol. The third-order valence-corrected chi connectivity index (χ3v) is 10.9. The number of anilines is 1. The number of carbonyl (C=O) groups excluding carboxylic acids is 3. The van der Waals surface area contributed by atoms with E-state index in [2.05, 4.69) is 13.0 Å². The van der Waals surface area contributed by atoms with Gasteiger partial charge in [-0.3, -0.25) is 24.2 Å². The minimum absolute atomic E-state index is 0.241. The molecule has 1 N–H and O–H groups in total. The van der Waals surface area contributed by atoms with Crippen molar-refractivity contribution in [1.82, 2.24) is 4.90 Å². The summed E-state index contributed by atoms with van der Waals surface area (Å²) in [6.07, 6.45) is 10.6. The van der Waals surface area contributed by atoms with Crippen molar-refractivity contribution in [3.8, 4) is 6.07 Å². The van der Waals surface area contributed by atoms with Gasteiger partial charge in [-0.1, -0.05) is 95.0 Å². The largest absolute Gasteiger partial charge is 0.369 e. The molecule has 50 heavy (non-hydrogen) atoms. The van der Waals surface area contributed by atoms with E-state index in [9.17, 15) is 24.8 Å². The van der Waals surface area contributed by atoms with E-state index >= 15 is 0 Å². The number of nitriles is 1. The van der Waals surface area contributed by atoms with Crippen LogP contribution in [-0.4, -0.2) is 34.3 Å². The van der Waals surface area contributed by atoms with Crippen molar-refractivity contribution in [2.75, 3.05) is 11.4 Å². The maximum Gasteiger partial charge on any atom is 0.261 e. The summed E-state index contributed by atoms with van der Waals surface area (Å²) in [5.41, 5.74) is 3.16. The number of aliphatic hydroxyl groups excluding tert-OH is 1. The Balaban J connectivity index is 1.12. The molecule has 7 heteroatoms. The fraction of sp³-hybridized carbons (Fsp3) is 0.302. The molecule has 0 bridgehead atoms. The summed E-state index contributed by atoms with van der Waals surface area (Å²) in [5.74, 6) is -0.808. The van der Waals surface area contributed by atoms with Crippen LogP contribution in [0, 0.1) is 11.3 Å². The molecule has 0 saturated carbocycles. The van der Waals surface area contributed by atoms with Crippen molar-refractivity contribution < 1.29 is 19.5 Å². The Morgan fingerprint density at radius 3 is 1.60 bits per heavy atom. The van der Waals surface area contributed by atoms with Gasteiger partial charge >= 0.3 is 0 Å². The van der Waals surface area contributed by atoms with Gasteiger partial charge in [-0.2, -0.15) is 5.26 Å². The van der Waals surface area contributed by atoms with E-state index in [1.165, 1.54) is 54.7 Å². The molecule has 2 heterocycles. The average Bonchev–Trinajstić information content (AvgIpc) is 3.14. The molecule has 0 radical (unpaired) electrons. The molecule has 0 aliphatic carbocycles. The van der Waals surface area contributed by atoms with E-state index in [1.807, 2.05) is 42.5 Å². The summed E-state index contributed by atoms with van der Waals surface area (Å²) in [6, 6.07) is 23.9. The summed E-state index contributed by atoms with van der Waals surface area (Å²) in [4.78, 5) is 44.5. The molecule has 3 amide bonds. The van der Waals surface area contributed by atoms with Crippen LogP contribution in [0.4, 0.5) is 5.69 Å². The van der Waals surface area contributed by atoms with Gasteiger partial charge in [0.1, 0.15) is 0 Å². The fourth-order valence-corrected chi connectivity index (χ4v) is 8.34. The molecule has 7 nitrogen and oxygen atoms in total. The first-order chi connectivity index (χ1) is 24.4. The molecule has 250 valence electrons. The molecular weight excluding hydrogens is 622 g/mol. The molecule has 0 fully saturated rings. The van der Waals surface area contributed by atoms with Gasteiger partial charge in [0, 0.05) is 45.3 Å². The molecule has 2 aliphatic rings. The number of carbonyl (C=O) groups is 3. The zero-order valence-corrected chi connectivity index (χ0v) is 28.3. The van der Waals surface area contributed by atoms with Crippen LogP contribution in [0.1, 0.15) is 120 Å². The highest BCUT2D eigenvalue weighted by Gasteiger charge is 2.37. The van der Waals surface area contributed by atoms with Crippen molar-refractivity contribution in [3.63, 3.8) is 0 Å². The normalized spacial score (nSPS) is 15.7. The van der Waals surface area contributed by atoms with Crippen LogP contribution >= 0.6 is 0 Å². The Kier molecular flexibility index (Phi) is 8.20. The maximum absolute atomic E-state index is 14.0. The van der Waals surface area contributed by atoms with Crippen LogP contribution in [0.25, 0.3) is 43.1 Å². The molecular formula is C43H39N3O4. The summed E-state index contributed by atoms with van der Waals surface area (Å²) in [6.45, 7) is 2.65. The lowest BCUT2D eigenvalue weighted by Crippen LogP contribution is -2.40. The molecule has 6 aromatic rings. The summed E-state index contributed by atoms with van der Waals surface area (Å²) in [5, 5.41) is 27.6. The van der Waals surface area contributed by atoms with Crippen LogP contribution in [-0.2, 0) is 0 Å². The summed E-state index contributed by atoms with van der Waals surface area (Å²) in [7, 11) is 0. The number of unbranched alkanes of at least 4 members (excludes halogenated alkanes) is 9. The van der Waals surface area contributed by atoms with Gasteiger partial charge in [-0.15, -0.1) is 0 Å². The van der Waals surface area contributed by atoms with E-state index in [0.29, 0.717) is 50.8 Å². The highest BCUT2D eigenvalue weighted by atomic mass is 16.3. The van der Waals surface area contributed by atoms with Crippen LogP contribution in [0.5, 0.6) is 0 Å². The average molecular weight is 662 g/mol. The smallest absolute Gasteiger partial charge is 0.261 e. The topological polar surface area (TPSA) is 102 Å². The highest BCUT2D eigenvalue weighted by molar-refractivity contribution is 6.39. The summed E-state index contributed by atoms with van der Waals surface area (Å²) < 4.78 is 0. The molecule has 0 spiro atoms. The predicted octanol–water partition coefficient (Wildman–Crippen LogP) is 9.78. The Labute approximate surface area is 291 Å². The van der Waals surface area contributed by atoms with Crippen LogP contribution in [0.3, 0.4) is 0 Å². The molecule has 0 aromatic heterocycles. The van der Waals surface area contributed by atoms with Gasteiger partial charge in [0.25, 0.3) is 17.7 Å². The first-order valence-electron chi connectivity index (χ1n) is 18.0. The third-order valence-electron chi connectivity index (χ3n) is 10.9. The predicted molar refractivity (Wildman–Crippen MR) is 198 cm³/mol. The second-order valence-electron chi connectivity index (χ2n) is 13.8. The quantitative estimate of drug-likeness (QED) is 0.0609. The van der Waals surface area contributed by atoms with Crippen LogP contribution < -0.4 is 4.90 Å². The second kappa shape index (κ2) is 12.9. The van der Waals surface area contributed by atoms with E-state index < -0.39 is 6.23 Å². The number of fused-ring (bicyclic) bond motifs is 2. The number of nitrogens with zero attached hydrogens (tertiary/aromatic N) is 3. The Bertz CT molecular complexity index is 2300. The Hall–Kier alpha value is -5.32. The first-order valence-corrected chi connectivity index (χ1v) is 18.0. The number of aliphatic hydroxyl groups is 1. The van der Waals surface area contributed by atoms with Crippen molar-refractivity contribution in [3.05, 3.63) is 101 Å². The van der Waals surface area contributed by atoms with Gasteiger partial charge < -0.3 is 5.11 Å². The van der Waals surface area contributed by atoms with Crippen LogP contribution in [0.2, 0.25) is 0 Å². The lowest BCUT2D eigenvalue weighted by atomic mass is 9.82. The van der Waals surface area contributed by atoms with Crippen molar-refractivity contribution in [2.24, 2.45) is 0 Å². The summed E-state index contributed by atoms with van der Waals surface area (Å²) >= 11 is 0. The molecule has 1 atom stereocenters. The zero-order chi connectivity index (χ0) is 34.5. The number of rotatable bonds is 12. The minimum Gasteiger partial charge on any atom is -0.369 e. The molecule has 0 saturated heterocycles. The number of hydrogen-bond acceptors (Lipinski definition) is 5. The van der Waals surface area contributed by atoms with E-state index in [4.69, 9.17) is 0 Å². The second-order valence-corrected chi connectivity index (χ2v) is 13.8. The van der Waals surface area contributed by atoms with Crippen molar-refractivity contribution in [2.45, 2.75) is 77.4 Å².